The Morgan fingerprint density at radius 2 is 1.55 bits per heavy atom. The number of carbonyl (C=O) groups excluding carboxylic acids is 3. The fourth-order valence-electron chi connectivity index (χ4n) is 1.97. The average Bonchev–Trinajstić information content (AvgIpc) is 2.67. The molecule has 0 amide bonds. The van der Waals surface area contributed by atoms with Crippen molar-refractivity contribution in [2.75, 3.05) is 13.2 Å². The maximum Gasteiger partial charge on any atom is 0.305 e. The lowest BCUT2D eigenvalue weighted by atomic mass is 10.1. The van der Waals surface area contributed by atoms with Crippen LogP contribution in [0.25, 0.3) is 0 Å². The minimum absolute atomic E-state index is 0.0162. The van der Waals surface area contributed by atoms with Gasteiger partial charge in [-0.05, 0) is 0 Å². The van der Waals surface area contributed by atoms with E-state index in [1.807, 2.05) is 0 Å². The van der Waals surface area contributed by atoms with Gasteiger partial charge in [0.05, 0.1) is 6.61 Å². The Morgan fingerprint density at radius 1 is 1.00 bits per heavy atom. The molecule has 0 bridgehead atoms. The first kappa shape index (κ1) is 17.9. The number of ether oxygens (including phenoxy) is 5. The monoisotopic (exact) mass is 314 g/mol. The van der Waals surface area contributed by atoms with Crippen molar-refractivity contribution in [3.05, 3.63) is 0 Å². The molecule has 1 aliphatic heterocycles. The third kappa shape index (κ3) is 5.35. The highest BCUT2D eigenvalue weighted by Crippen LogP contribution is 2.28. The van der Waals surface area contributed by atoms with Gasteiger partial charge in [-0.3, -0.25) is 14.4 Å². The molecule has 1 fully saturated rings. The van der Waals surface area contributed by atoms with Crippen LogP contribution in [0.1, 0.15) is 20.8 Å². The highest BCUT2D eigenvalue weighted by atomic mass is 16.7. The van der Waals surface area contributed by atoms with E-state index in [9.17, 15) is 14.4 Å². The fraction of sp³-hybridized carbons (Fsp3) is 0.643. The van der Waals surface area contributed by atoms with Gasteiger partial charge in [-0.2, -0.15) is 0 Å². The van der Waals surface area contributed by atoms with E-state index in [0.717, 1.165) is 0 Å². The van der Waals surface area contributed by atoms with Gasteiger partial charge < -0.3 is 23.7 Å². The molecule has 1 heterocycles. The van der Waals surface area contributed by atoms with Crippen LogP contribution in [0, 0.1) is 12.3 Å². The van der Waals surface area contributed by atoms with E-state index < -0.39 is 42.5 Å². The van der Waals surface area contributed by atoms with Crippen LogP contribution in [0.15, 0.2) is 0 Å². The number of hydrogen-bond acceptors (Lipinski definition) is 8. The Kier molecular flexibility index (Phi) is 6.82. The summed E-state index contributed by atoms with van der Waals surface area (Å²) in [5, 5.41) is 0. The predicted octanol–water partition coefficient (Wildman–Crippen LogP) is -0.212. The summed E-state index contributed by atoms with van der Waals surface area (Å²) >= 11 is 0. The maximum atomic E-state index is 11.2. The third-order valence-corrected chi connectivity index (χ3v) is 2.62. The first-order chi connectivity index (χ1) is 10.3. The summed E-state index contributed by atoms with van der Waals surface area (Å²) in [5.74, 6) is 0.415. The average molecular weight is 314 g/mol. The summed E-state index contributed by atoms with van der Waals surface area (Å²) in [6, 6.07) is 0. The molecule has 122 valence electrons. The van der Waals surface area contributed by atoms with Crippen LogP contribution in [0.5, 0.6) is 0 Å². The van der Waals surface area contributed by atoms with Crippen molar-refractivity contribution in [3.63, 3.8) is 0 Å². The molecular formula is C14H18O8. The molecule has 1 rings (SSSR count). The van der Waals surface area contributed by atoms with Crippen molar-refractivity contribution in [3.8, 4) is 12.3 Å². The molecule has 0 radical (unpaired) electrons. The Morgan fingerprint density at radius 3 is 2.05 bits per heavy atom. The smallest absolute Gasteiger partial charge is 0.305 e. The topological polar surface area (TPSA) is 97.4 Å². The van der Waals surface area contributed by atoms with Crippen molar-refractivity contribution in [1.82, 2.24) is 0 Å². The van der Waals surface area contributed by atoms with Gasteiger partial charge in [0.1, 0.15) is 12.7 Å². The van der Waals surface area contributed by atoms with Crippen molar-refractivity contribution < 1.29 is 38.1 Å². The van der Waals surface area contributed by atoms with E-state index in [-0.39, 0.29) is 13.2 Å². The minimum atomic E-state index is -1.19. The molecule has 22 heavy (non-hydrogen) atoms. The fourth-order valence-corrected chi connectivity index (χ4v) is 1.97. The summed E-state index contributed by atoms with van der Waals surface area (Å²) in [6.45, 7) is 3.57. The number of carbonyl (C=O) groups is 3. The standard InChI is InChI=1S/C14H18O8/c1-5-6-18-7-11-12(19-8(2)15)13(20-9(3)16)14(22-11)21-10(4)17/h1,11-14H,6-7H2,2-4H3/t11?,12-,13-,14-/m1/s1. The molecule has 1 aliphatic rings. The zero-order valence-corrected chi connectivity index (χ0v) is 12.6. The zero-order valence-electron chi connectivity index (χ0n) is 12.6. The largest absolute Gasteiger partial charge is 0.455 e. The summed E-state index contributed by atoms with van der Waals surface area (Å²) in [7, 11) is 0. The highest BCUT2D eigenvalue weighted by molar-refractivity contribution is 5.68. The van der Waals surface area contributed by atoms with Gasteiger partial charge in [-0.15, -0.1) is 6.42 Å². The van der Waals surface area contributed by atoms with Gasteiger partial charge in [0.25, 0.3) is 0 Å². The van der Waals surface area contributed by atoms with Gasteiger partial charge in [0.15, 0.2) is 6.10 Å². The second-order valence-corrected chi connectivity index (χ2v) is 4.52. The molecule has 0 aromatic rings. The predicted molar refractivity (Wildman–Crippen MR) is 71.2 cm³/mol. The molecule has 1 saturated heterocycles. The van der Waals surface area contributed by atoms with E-state index in [1.165, 1.54) is 20.8 Å². The molecule has 8 heteroatoms. The lowest BCUT2D eigenvalue weighted by molar-refractivity contribution is -0.196. The van der Waals surface area contributed by atoms with Crippen molar-refractivity contribution in [2.45, 2.75) is 45.4 Å². The molecule has 0 aliphatic carbocycles. The maximum absolute atomic E-state index is 11.2. The number of rotatable bonds is 6. The second kappa shape index (κ2) is 8.36. The van der Waals surface area contributed by atoms with Gasteiger partial charge in [-0.25, -0.2) is 0 Å². The van der Waals surface area contributed by atoms with E-state index in [0.29, 0.717) is 0 Å². The van der Waals surface area contributed by atoms with E-state index in [2.05, 4.69) is 5.92 Å². The second-order valence-electron chi connectivity index (χ2n) is 4.52. The van der Waals surface area contributed by atoms with E-state index >= 15 is 0 Å². The van der Waals surface area contributed by atoms with Crippen molar-refractivity contribution in [2.24, 2.45) is 0 Å². The van der Waals surface area contributed by atoms with Crippen molar-refractivity contribution in [1.29, 1.82) is 0 Å². The molecular weight excluding hydrogens is 296 g/mol. The van der Waals surface area contributed by atoms with Gasteiger partial charge in [0.2, 0.25) is 12.4 Å². The third-order valence-electron chi connectivity index (χ3n) is 2.62. The molecule has 8 nitrogen and oxygen atoms in total. The van der Waals surface area contributed by atoms with Crippen LogP contribution in [0.2, 0.25) is 0 Å². The van der Waals surface area contributed by atoms with Crippen LogP contribution < -0.4 is 0 Å². The number of hydrogen-bond donors (Lipinski definition) is 0. The Labute approximate surface area is 128 Å². The molecule has 1 unspecified atom stereocenters. The van der Waals surface area contributed by atoms with Gasteiger partial charge >= 0.3 is 17.9 Å². The lowest BCUT2D eigenvalue weighted by Crippen LogP contribution is -2.41. The van der Waals surface area contributed by atoms with Crippen LogP contribution in [0.3, 0.4) is 0 Å². The molecule has 0 aromatic heterocycles. The van der Waals surface area contributed by atoms with E-state index in [1.54, 1.807) is 0 Å². The number of terminal acetylenes is 1. The summed E-state index contributed by atoms with van der Waals surface area (Å²) in [5.41, 5.74) is 0. The quantitative estimate of drug-likeness (QED) is 0.287. The van der Waals surface area contributed by atoms with Crippen molar-refractivity contribution >= 4 is 17.9 Å². The number of esters is 3. The van der Waals surface area contributed by atoms with Crippen LogP contribution in [-0.2, 0) is 38.1 Å². The summed E-state index contributed by atoms with van der Waals surface area (Å²) in [4.78, 5) is 33.6. The van der Waals surface area contributed by atoms with Crippen LogP contribution in [-0.4, -0.2) is 55.7 Å². The minimum Gasteiger partial charge on any atom is -0.455 e. The first-order valence-electron chi connectivity index (χ1n) is 6.53. The summed E-state index contributed by atoms with van der Waals surface area (Å²) in [6.07, 6.45) is 1.05. The van der Waals surface area contributed by atoms with E-state index in [4.69, 9.17) is 30.1 Å². The first-order valence-corrected chi connectivity index (χ1v) is 6.53. The molecule has 0 spiro atoms. The Hall–Kier alpha value is -2.11. The summed E-state index contributed by atoms with van der Waals surface area (Å²) < 4.78 is 25.7. The normalized spacial score (nSPS) is 26.8. The highest BCUT2D eigenvalue weighted by Gasteiger charge is 2.51. The molecule has 0 N–H and O–H groups in total. The van der Waals surface area contributed by atoms with Crippen LogP contribution >= 0.6 is 0 Å². The SMILES string of the molecule is C#CCOCC1O[C@@H](OC(C)=O)[C@H](OC(C)=O)[C@@H]1OC(C)=O. The van der Waals surface area contributed by atoms with Gasteiger partial charge in [0, 0.05) is 20.8 Å². The van der Waals surface area contributed by atoms with Crippen LogP contribution in [0.4, 0.5) is 0 Å². The molecule has 4 atom stereocenters. The molecule has 0 aromatic carbocycles. The Bertz CT molecular complexity index is 466. The zero-order chi connectivity index (χ0) is 16.7. The lowest BCUT2D eigenvalue weighted by Gasteiger charge is -2.22. The van der Waals surface area contributed by atoms with Gasteiger partial charge in [-0.1, -0.05) is 5.92 Å². The molecule has 0 saturated carbocycles. The Balaban J connectivity index is 2.90.